The summed E-state index contributed by atoms with van der Waals surface area (Å²) >= 11 is 0. The molecule has 0 aliphatic carbocycles. The third kappa shape index (κ3) is 2.92. The molecule has 1 aliphatic heterocycles. The summed E-state index contributed by atoms with van der Waals surface area (Å²) in [6.07, 6.45) is 2.44. The highest BCUT2D eigenvalue weighted by molar-refractivity contribution is 5.84. The fraction of sp³-hybridized carbons (Fsp3) is 0.909. The monoisotopic (exact) mass is 213 g/mol. The molecule has 0 bridgehead atoms. The number of hydrogen-bond donors (Lipinski definition) is 2. The van der Waals surface area contributed by atoms with E-state index in [-0.39, 0.29) is 0 Å². The summed E-state index contributed by atoms with van der Waals surface area (Å²) in [5.41, 5.74) is 10.2. The van der Waals surface area contributed by atoms with Gasteiger partial charge in [-0.3, -0.25) is 9.69 Å². The van der Waals surface area contributed by atoms with Crippen LogP contribution in [0.1, 0.15) is 33.6 Å². The number of piperidine rings is 1. The molecule has 1 heterocycles. The second kappa shape index (κ2) is 4.49. The Balaban J connectivity index is 2.61. The zero-order valence-electron chi connectivity index (χ0n) is 9.99. The minimum atomic E-state index is -0.911. The first-order chi connectivity index (χ1) is 6.84. The highest BCUT2D eigenvalue weighted by Crippen LogP contribution is 2.23. The largest absolute Gasteiger partial charge is 0.368 e. The number of nitrogens with two attached hydrogens (primary N) is 2. The molecule has 0 saturated carbocycles. The molecule has 15 heavy (non-hydrogen) atoms. The fourth-order valence-electron chi connectivity index (χ4n) is 2.14. The molecule has 4 nitrogen and oxygen atoms in total. The Kier molecular flexibility index (Phi) is 3.73. The number of carbonyl (C=O) groups is 1. The van der Waals surface area contributed by atoms with Crippen molar-refractivity contribution in [1.29, 1.82) is 0 Å². The lowest BCUT2D eigenvalue weighted by Crippen LogP contribution is -2.59. The Hall–Kier alpha value is -0.610. The van der Waals surface area contributed by atoms with Crippen molar-refractivity contribution in [3.8, 4) is 0 Å². The molecule has 0 aromatic heterocycles. The maximum Gasteiger partial charge on any atom is 0.238 e. The number of primary amides is 1. The Morgan fingerprint density at radius 1 is 1.53 bits per heavy atom. The van der Waals surface area contributed by atoms with E-state index in [1.165, 1.54) is 12.8 Å². The summed E-state index contributed by atoms with van der Waals surface area (Å²) in [6, 6.07) is 0.487. The van der Waals surface area contributed by atoms with Gasteiger partial charge in [0.1, 0.15) is 5.54 Å². The average molecular weight is 213 g/mol. The van der Waals surface area contributed by atoms with Crippen molar-refractivity contribution in [2.45, 2.75) is 45.2 Å². The average Bonchev–Trinajstić information content (AvgIpc) is 2.12. The van der Waals surface area contributed by atoms with E-state index >= 15 is 0 Å². The van der Waals surface area contributed by atoms with E-state index in [9.17, 15) is 4.79 Å². The molecular weight excluding hydrogens is 190 g/mol. The van der Waals surface area contributed by atoms with Gasteiger partial charge >= 0.3 is 0 Å². The predicted octanol–water partition coefficient (Wildman–Crippen LogP) is 0.310. The molecule has 0 aromatic rings. The molecule has 1 fully saturated rings. The van der Waals surface area contributed by atoms with Crippen LogP contribution in [0.15, 0.2) is 0 Å². The summed E-state index contributed by atoms with van der Waals surface area (Å²) in [6.45, 7) is 7.73. The number of nitrogens with zero attached hydrogens (tertiary/aromatic N) is 1. The molecule has 1 rings (SSSR count). The standard InChI is InChI=1S/C11H23N3O/c1-8-5-4-6-14(9(8)2)7-11(3,13)10(12)15/h8-9H,4-7,13H2,1-3H3,(H2,12,15). The van der Waals surface area contributed by atoms with E-state index in [1.54, 1.807) is 6.92 Å². The first-order valence-corrected chi connectivity index (χ1v) is 5.67. The highest BCUT2D eigenvalue weighted by Gasteiger charge is 2.33. The summed E-state index contributed by atoms with van der Waals surface area (Å²) in [7, 11) is 0. The van der Waals surface area contributed by atoms with Crippen LogP contribution in [-0.4, -0.2) is 35.5 Å². The van der Waals surface area contributed by atoms with E-state index in [2.05, 4.69) is 18.7 Å². The van der Waals surface area contributed by atoms with Gasteiger partial charge in [-0.25, -0.2) is 0 Å². The van der Waals surface area contributed by atoms with E-state index in [0.717, 1.165) is 6.54 Å². The van der Waals surface area contributed by atoms with Gasteiger partial charge in [-0.2, -0.15) is 0 Å². The Morgan fingerprint density at radius 2 is 2.13 bits per heavy atom. The zero-order valence-corrected chi connectivity index (χ0v) is 9.99. The molecule has 1 amide bonds. The van der Waals surface area contributed by atoms with Gasteiger partial charge in [0, 0.05) is 12.6 Å². The van der Waals surface area contributed by atoms with Crippen molar-refractivity contribution in [2.75, 3.05) is 13.1 Å². The van der Waals surface area contributed by atoms with Crippen LogP contribution in [0.3, 0.4) is 0 Å². The van der Waals surface area contributed by atoms with Gasteiger partial charge in [0.05, 0.1) is 0 Å². The van der Waals surface area contributed by atoms with Crippen LogP contribution in [0.2, 0.25) is 0 Å². The highest BCUT2D eigenvalue weighted by atomic mass is 16.1. The lowest BCUT2D eigenvalue weighted by atomic mass is 9.90. The first kappa shape index (κ1) is 12.5. The summed E-state index contributed by atoms with van der Waals surface area (Å²) in [4.78, 5) is 13.4. The van der Waals surface area contributed by atoms with Gasteiger partial charge in [0.25, 0.3) is 0 Å². The molecular formula is C11H23N3O. The maximum absolute atomic E-state index is 11.2. The van der Waals surface area contributed by atoms with Crippen molar-refractivity contribution < 1.29 is 4.79 Å². The van der Waals surface area contributed by atoms with Gasteiger partial charge in [-0.1, -0.05) is 6.92 Å². The van der Waals surface area contributed by atoms with Crippen LogP contribution in [0.25, 0.3) is 0 Å². The van der Waals surface area contributed by atoms with Crippen molar-refractivity contribution >= 4 is 5.91 Å². The molecule has 0 radical (unpaired) electrons. The predicted molar refractivity (Wildman–Crippen MR) is 61.2 cm³/mol. The normalized spacial score (nSPS) is 32.3. The summed E-state index contributed by atoms with van der Waals surface area (Å²) in [5.74, 6) is 0.246. The second-order valence-electron chi connectivity index (χ2n) is 5.11. The van der Waals surface area contributed by atoms with Crippen LogP contribution in [0.5, 0.6) is 0 Å². The van der Waals surface area contributed by atoms with E-state index in [0.29, 0.717) is 18.5 Å². The van der Waals surface area contributed by atoms with Gasteiger partial charge in [0.15, 0.2) is 0 Å². The van der Waals surface area contributed by atoms with Gasteiger partial charge in [0.2, 0.25) is 5.91 Å². The number of rotatable bonds is 3. The third-order valence-corrected chi connectivity index (χ3v) is 3.60. The minimum Gasteiger partial charge on any atom is -0.368 e. The van der Waals surface area contributed by atoms with E-state index in [1.807, 2.05) is 0 Å². The first-order valence-electron chi connectivity index (χ1n) is 5.67. The minimum absolute atomic E-state index is 0.423. The SMILES string of the molecule is CC1CCCN(CC(C)(N)C(N)=O)C1C. The zero-order chi connectivity index (χ0) is 11.6. The van der Waals surface area contributed by atoms with Gasteiger partial charge in [-0.15, -0.1) is 0 Å². The number of amides is 1. The van der Waals surface area contributed by atoms with Gasteiger partial charge < -0.3 is 11.5 Å². The third-order valence-electron chi connectivity index (χ3n) is 3.60. The summed E-state index contributed by atoms with van der Waals surface area (Å²) in [5, 5.41) is 0. The quantitative estimate of drug-likeness (QED) is 0.708. The molecule has 0 spiro atoms. The smallest absolute Gasteiger partial charge is 0.238 e. The molecule has 88 valence electrons. The Labute approximate surface area is 92.0 Å². The van der Waals surface area contributed by atoms with E-state index < -0.39 is 11.4 Å². The molecule has 3 atom stereocenters. The van der Waals surface area contributed by atoms with Gasteiger partial charge in [-0.05, 0) is 39.2 Å². The van der Waals surface area contributed by atoms with Crippen LogP contribution in [0.4, 0.5) is 0 Å². The molecule has 3 unspecified atom stereocenters. The van der Waals surface area contributed by atoms with Crippen LogP contribution in [-0.2, 0) is 4.79 Å². The van der Waals surface area contributed by atoms with E-state index in [4.69, 9.17) is 11.5 Å². The summed E-state index contributed by atoms with van der Waals surface area (Å²) < 4.78 is 0. The van der Waals surface area contributed by atoms with Crippen molar-refractivity contribution in [3.63, 3.8) is 0 Å². The number of carbonyl (C=O) groups excluding carboxylic acids is 1. The van der Waals surface area contributed by atoms with Crippen LogP contribution in [0, 0.1) is 5.92 Å². The topological polar surface area (TPSA) is 72.3 Å². The van der Waals surface area contributed by atoms with Crippen LogP contribution < -0.4 is 11.5 Å². The molecule has 1 saturated heterocycles. The van der Waals surface area contributed by atoms with Crippen molar-refractivity contribution in [3.05, 3.63) is 0 Å². The number of hydrogen-bond acceptors (Lipinski definition) is 3. The molecule has 4 N–H and O–H groups in total. The number of likely N-dealkylation sites (tertiary alicyclic amines) is 1. The lowest BCUT2D eigenvalue weighted by Gasteiger charge is -2.41. The second-order valence-corrected chi connectivity index (χ2v) is 5.11. The fourth-order valence-corrected chi connectivity index (χ4v) is 2.14. The Morgan fingerprint density at radius 3 is 2.67 bits per heavy atom. The molecule has 4 heteroatoms. The van der Waals surface area contributed by atoms with Crippen LogP contribution >= 0.6 is 0 Å². The molecule has 0 aromatic carbocycles. The maximum atomic E-state index is 11.2. The molecule has 1 aliphatic rings. The van der Waals surface area contributed by atoms with Crippen molar-refractivity contribution in [2.24, 2.45) is 17.4 Å². The lowest BCUT2D eigenvalue weighted by molar-refractivity contribution is -0.123. The van der Waals surface area contributed by atoms with Crippen molar-refractivity contribution in [1.82, 2.24) is 4.90 Å². The Bertz CT molecular complexity index is 240.